The highest BCUT2D eigenvalue weighted by Crippen LogP contribution is 2.32. The average Bonchev–Trinajstić information content (AvgIpc) is 2.61. The Morgan fingerprint density at radius 3 is 2.63 bits per heavy atom. The SMILES string of the molecule is CC1(N)CCCCC1C(=O)Nc1ccc(SCc2cccnc2)cc1.Cl.Cl. The van der Waals surface area contributed by atoms with Gasteiger partial charge in [0.05, 0.1) is 5.92 Å². The molecule has 1 aliphatic carbocycles. The lowest BCUT2D eigenvalue weighted by molar-refractivity contribution is -0.122. The second kappa shape index (κ2) is 10.9. The summed E-state index contributed by atoms with van der Waals surface area (Å²) in [6.45, 7) is 1.99. The summed E-state index contributed by atoms with van der Waals surface area (Å²) in [6, 6.07) is 12.0. The van der Waals surface area contributed by atoms with Crippen molar-refractivity contribution in [3.63, 3.8) is 0 Å². The highest BCUT2D eigenvalue weighted by atomic mass is 35.5. The van der Waals surface area contributed by atoms with Crippen LogP contribution in [0.5, 0.6) is 0 Å². The minimum Gasteiger partial charge on any atom is -0.326 e. The van der Waals surface area contributed by atoms with Gasteiger partial charge in [0.15, 0.2) is 0 Å². The predicted octanol–water partition coefficient (Wildman–Crippen LogP) is 5.06. The lowest BCUT2D eigenvalue weighted by Gasteiger charge is -2.37. The number of hydrogen-bond donors (Lipinski definition) is 2. The smallest absolute Gasteiger partial charge is 0.229 e. The molecule has 148 valence electrons. The fourth-order valence-electron chi connectivity index (χ4n) is 3.30. The summed E-state index contributed by atoms with van der Waals surface area (Å²) >= 11 is 1.76. The van der Waals surface area contributed by atoms with Crippen molar-refractivity contribution in [3.05, 3.63) is 54.4 Å². The number of amides is 1. The summed E-state index contributed by atoms with van der Waals surface area (Å²) in [4.78, 5) is 17.9. The van der Waals surface area contributed by atoms with Crippen molar-refractivity contribution < 1.29 is 4.79 Å². The van der Waals surface area contributed by atoms with Crippen LogP contribution in [0.1, 0.15) is 38.2 Å². The van der Waals surface area contributed by atoms with Crippen LogP contribution >= 0.6 is 36.6 Å². The van der Waals surface area contributed by atoms with E-state index in [0.717, 1.165) is 37.1 Å². The molecule has 3 rings (SSSR count). The van der Waals surface area contributed by atoms with Crippen LogP contribution in [0, 0.1) is 5.92 Å². The second-order valence-corrected chi connectivity index (χ2v) is 8.02. The van der Waals surface area contributed by atoms with Gasteiger partial charge in [0.2, 0.25) is 5.91 Å². The number of hydrogen-bond acceptors (Lipinski definition) is 4. The van der Waals surface area contributed by atoms with Crippen molar-refractivity contribution >= 4 is 48.2 Å². The molecule has 1 aromatic carbocycles. The maximum Gasteiger partial charge on any atom is 0.229 e. The minimum atomic E-state index is -0.401. The van der Waals surface area contributed by atoms with Gasteiger partial charge in [-0.3, -0.25) is 9.78 Å². The van der Waals surface area contributed by atoms with Crippen LogP contribution in [-0.4, -0.2) is 16.4 Å². The number of rotatable bonds is 5. The van der Waals surface area contributed by atoms with Gasteiger partial charge in [0, 0.05) is 34.3 Å². The van der Waals surface area contributed by atoms with E-state index in [1.165, 1.54) is 10.5 Å². The van der Waals surface area contributed by atoms with Crippen molar-refractivity contribution in [2.24, 2.45) is 11.7 Å². The Bertz CT molecular complexity index is 711. The molecule has 1 heterocycles. The molecule has 1 fully saturated rings. The van der Waals surface area contributed by atoms with Gasteiger partial charge < -0.3 is 11.1 Å². The van der Waals surface area contributed by atoms with E-state index >= 15 is 0 Å². The number of nitrogens with one attached hydrogen (secondary N) is 1. The van der Waals surface area contributed by atoms with E-state index in [9.17, 15) is 4.79 Å². The summed E-state index contributed by atoms with van der Waals surface area (Å²) in [5.41, 5.74) is 7.95. The van der Waals surface area contributed by atoms with Crippen LogP contribution in [-0.2, 0) is 10.5 Å². The molecule has 0 spiro atoms. The third-order valence-electron chi connectivity index (χ3n) is 4.82. The Balaban J connectivity index is 0.00000182. The number of nitrogens with zero attached hydrogens (tertiary/aromatic N) is 1. The number of nitrogens with two attached hydrogens (primary N) is 1. The number of carbonyl (C=O) groups is 1. The number of aromatic nitrogens is 1. The number of benzene rings is 1. The molecule has 0 saturated heterocycles. The Hall–Kier alpha value is -1.27. The first kappa shape index (κ1) is 23.8. The van der Waals surface area contributed by atoms with Gasteiger partial charge in [0.1, 0.15) is 0 Å². The molecule has 2 unspecified atom stereocenters. The molecule has 27 heavy (non-hydrogen) atoms. The summed E-state index contributed by atoms with van der Waals surface area (Å²) in [6.07, 6.45) is 7.64. The zero-order chi connectivity index (χ0) is 17.7. The number of thioether (sulfide) groups is 1. The molecule has 1 aromatic heterocycles. The number of halogens is 2. The fraction of sp³-hybridized carbons (Fsp3) is 0.400. The monoisotopic (exact) mass is 427 g/mol. The van der Waals surface area contributed by atoms with Gasteiger partial charge in [-0.2, -0.15) is 0 Å². The number of pyridine rings is 1. The summed E-state index contributed by atoms with van der Waals surface area (Å²) in [7, 11) is 0. The standard InChI is InChI=1S/C20H25N3OS.2ClH/c1-20(21)11-3-2-6-18(20)19(24)23-16-7-9-17(10-8-16)25-14-15-5-4-12-22-13-15;;/h4-5,7-10,12-13,18H,2-3,6,11,14,21H2,1H3,(H,23,24);2*1H. The van der Waals surface area contributed by atoms with Crippen molar-refractivity contribution in [3.8, 4) is 0 Å². The van der Waals surface area contributed by atoms with E-state index in [1.54, 1.807) is 18.0 Å². The average molecular weight is 428 g/mol. The maximum atomic E-state index is 12.6. The number of anilines is 1. The highest BCUT2D eigenvalue weighted by Gasteiger charge is 2.37. The first-order valence-corrected chi connectivity index (χ1v) is 9.75. The van der Waals surface area contributed by atoms with E-state index in [4.69, 9.17) is 5.73 Å². The molecule has 1 aliphatic rings. The molecule has 1 amide bonds. The molecular formula is C20H27Cl2N3OS. The lowest BCUT2D eigenvalue weighted by Crippen LogP contribution is -2.51. The fourth-order valence-corrected chi connectivity index (χ4v) is 4.14. The topological polar surface area (TPSA) is 68.0 Å². The van der Waals surface area contributed by atoms with E-state index in [-0.39, 0.29) is 36.6 Å². The van der Waals surface area contributed by atoms with Crippen LogP contribution in [0.4, 0.5) is 5.69 Å². The largest absolute Gasteiger partial charge is 0.326 e. The van der Waals surface area contributed by atoms with Gasteiger partial charge >= 0.3 is 0 Å². The Kier molecular flexibility index (Phi) is 9.60. The van der Waals surface area contributed by atoms with E-state index in [1.807, 2.05) is 43.5 Å². The third-order valence-corrected chi connectivity index (χ3v) is 5.90. The van der Waals surface area contributed by atoms with Gasteiger partial charge in [-0.1, -0.05) is 18.9 Å². The van der Waals surface area contributed by atoms with Crippen molar-refractivity contribution in [2.45, 2.75) is 48.8 Å². The van der Waals surface area contributed by atoms with Crippen LogP contribution in [0.25, 0.3) is 0 Å². The second-order valence-electron chi connectivity index (χ2n) is 6.97. The van der Waals surface area contributed by atoms with Crippen LogP contribution < -0.4 is 11.1 Å². The Morgan fingerprint density at radius 1 is 1.26 bits per heavy atom. The molecule has 1 saturated carbocycles. The van der Waals surface area contributed by atoms with Crippen molar-refractivity contribution in [1.82, 2.24) is 4.98 Å². The molecule has 2 aromatic rings. The summed E-state index contributed by atoms with van der Waals surface area (Å²) in [5.74, 6) is 0.814. The third kappa shape index (κ3) is 6.68. The van der Waals surface area contributed by atoms with E-state index < -0.39 is 5.54 Å². The van der Waals surface area contributed by atoms with Crippen molar-refractivity contribution in [2.75, 3.05) is 5.32 Å². The lowest BCUT2D eigenvalue weighted by atomic mass is 9.74. The molecular weight excluding hydrogens is 401 g/mol. The van der Waals surface area contributed by atoms with Gasteiger partial charge in [-0.15, -0.1) is 36.6 Å². The van der Waals surface area contributed by atoms with E-state index in [2.05, 4.69) is 16.4 Å². The molecule has 0 bridgehead atoms. The maximum absolute atomic E-state index is 12.6. The zero-order valence-corrected chi connectivity index (χ0v) is 17.8. The Morgan fingerprint density at radius 2 is 2.00 bits per heavy atom. The Labute approximate surface area is 177 Å². The van der Waals surface area contributed by atoms with Crippen LogP contribution in [0.2, 0.25) is 0 Å². The predicted molar refractivity (Wildman–Crippen MR) is 118 cm³/mol. The first-order valence-electron chi connectivity index (χ1n) is 8.76. The normalized spacial score (nSPS) is 21.5. The molecule has 4 nitrogen and oxygen atoms in total. The zero-order valence-electron chi connectivity index (χ0n) is 15.4. The molecule has 2 atom stereocenters. The van der Waals surface area contributed by atoms with E-state index in [0.29, 0.717) is 0 Å². The minimum absolute atomic E-state index is 0. The first-order chi connectivity index (χ1) is 12.0. The van der Waals surface area contributed by atoms with Gasteiger partial charge in [-0.25, -0.2) is 0 Å². The highest BCUT2D eigenvalue weighted by molar-refractivity contribution is 7.98. The van der Waals surface area contributed by atoms with Crippen molar-refractivity contribution in [1.29, 1.82) is 0 Å². The van der Waals surface area contributed by atoms with Crippen LogP contribution in [0.3, 0.4) is 0 Å². The quantitative estimate of drug-likeness (QED) is 0.653. The number of carbonyl (C=O) groups excluding carboxylic acids is 1. The molecule has 0 radical (unpaired) electrons. The van der Waals surface area contributed by atoms with Gasteiger partial charge in [0.25, 0.3) is 0 Å². The molecule has 7 heteroatoms. The van der Waals surface area contributed by atoms with Gasteiger partial charge in [-0.05, 0) is 55.7 Å². The summed E-state index contributed by atoms with van der Waals surface area (Å²) < 4.78 is 0. The molecule has 0 aliphatic heterocycles. The molecule has 3 N–H and O–H groups in total. The van der Waals surface area contributed by atoms with Crippen LogP contribution in [0.15, 0.2) is 53.7 Å². The summed E-state index contributed by atoms with van der Waals surface area (Å²) in [5, 5.41) is 3.03.